The molecular weight excluding hydrogens is 288 g/mol. The van der Waals surface area contributed by atoms with Crippen LogP contribution in [0.1, 0.15) is 0 Å². The summed E-state index contributed by atoms with van der Waals surface area (Å²) < 4.78 is 1.59. The van der Waals surface area contributed by atoms with Gasteiger partial charge in [0.25, 0.3) is 5.95 Å². The molecule has 0 aliphatic rings. The lowest BCUT2D eigenvalue weighted by Crippen LogP contribution is -2.15. The van der Waals surface area contributed by atoms with Gasteiger partial charge in [-0.2, -0.15) is 20.1 Å². The predicted octanol–water partition coefficient (Wildman–Crippen LogP) is 2.44. The lowest BCUT2D eigenvalue weighted by atomic mass is 10.1. The largest absolute Gasteiger partial charge is 0.347 e. The summed E-state index contributed by atoms with van der Waals surface area (Å²) in [5, 5.41) is 4.43. The van der Waals surface area contributed by atoms with Gasteiger partial charge in [0, 0.05) is 25.9 Å². The van der Waals surface area contributed by atoms with Gasteiger partial charge in [-0.15, -0.1) is 0 Å². The SMILES string of the molecule is CN(C)c1nc(Cl)nc(-n2cc(-c3ccccc3)cn2)n1. The maximum absolute atomic E-state index is 5.94. The highest BCUT2D eigenvalue weighted by atomic mass is 35.5. The molecule has 0 atom stereocenters. The Balaban J connectivity index is 2.00. The van der Waals surface area contributed by atoms with E-state index < -0.39 is 0 Å². The number of rotatable bonds is 3. The molecule has 0 radical (unpaired) electrons. The number of aromatic nitrogens is 5. The minimum absolute atomic E-state index is 0.139. The van der Waals surface area contributed by atoms with Gasteiger partial charge in [-0.3, -0.25) is 0 Å². The van der Waals surface area contributed by atoms with Crippen LogP contribution in [0.2, 0.25) is 5.28 Å². The maximum atomic E-state index is 5.94. The molecule has 106 valence electrons. The molecule has 21 heavy (non-hydrogen) atoms. The van der Waals surface area contributed by atoms with Crippen LogP contribution >= 0.6 is 11.6 Å². The molecule has 0 saturated heterocycles. The number of anilines is 1. The number of benzene rings is 1. The standard InChI is InChI=1S/C14H13ClN6/c1-20(2)13-17-12(15)18-14(19-13)21-9-11(8-16-21)10-6-4-3-5-7-10/h3-9H,1-2H3. The monoisotopic (exact) mass is 300 g/mol. The summed E-state index contributed by atoms with van der Waals surface area (Å²) in [6.07, 6.45) is 3.63. The molecule has 0 fully saturated rings. The van der Waals surface area contributed by atoms with Gasteiger partial charge >= 0.3 is 0 Å². The Labute approximate surface area is 127 Å². The minimum Gasteiger partial charge on any atom is -0.347 e. The molecule has 2 aromatic heterocycles. The molecule has 3 aromatic rings. The van der Waals surface area contributed by atoms with Gasteiger partial charge in [0.2, 0.25) is 11.2 Å². The lowest BCUT2D eigenvalue weighted by Gasteiger charge is -2.10. The van der Waals surface area contributed by atoms with E-state index in [0.717, 1.165) is 11.1 Å². The summed E-state index contributed by atoms with van der Waals surface area (Å²) >= 11 is 5.94. The van der Waals surface area contributed by atoms with Gasteiger partial charge in [0.15, 0.2) is 0 Å². The van der Waals surface area contributed by atoms with E-state index in [2.05, 4.69) is 20.1 Å². The molecule has 1 aromatic carbocycles. The van der Waals surface area contributed by atoms with Crippen molar-refractivity contribution in [2.24, 2.45) is 0 Å². The van der Waals surface area contributed by atoms with Crippen molar-refractivity contribution in [3.05, 3.63) is 48.0 Å². The molecule has 0 bridgehead atoms. The fourth-order valence-electron chi connectivity index (χ4n) is 1.84. The minimum atomic E-state index is 0.139. The molecule has 0 aliphatic heterocycles. The third-order valence-electron chi connectivity index (χ3n) is 2.88. The molecule has 3 rings (SSSR count). The quantitative estimate of drug-likeness (QED) is 0.743. The van der Waals surface area contributed by atoms with Crippen LogP contribution in [0, 0.1) is 0 Å². The Morgan fingerprint density at radius 3 is 2.48 bits per heavy atom. The van der Waals surface area contributed by atoms with Crippen LogP contribution < -0.4 is 4.90 Å². The van der Waals surface area contributed by atoms with E-state index in [-0.39, 0.29) is 5.28 Å². The first kappa shape index (κ1) is 13.5. The van der Waals surface area contributed by atoms with E-state index in [1.165, 1.54) is 0 Å². The van der Waals surface area contributed by atoms with Crippen molar-refractivity contribution in [1.82, 2.24) is 24.7 Å². The zero-order chi connectivity index (χ0) is 14.8. The highest BCUT2D eigenvalue weighted by molar-refractivity contribution is 6.28. The summed E-state index contributed by atoms with van der Waals surface area (Å²) in [4.78, 5) is 14.3. The number of hydrogen-bond donors (Lipinski definition) is 0. The fraction of sp³-hybridized carbons (Fsp3) is 0.143. The summed E-state index contributed by atoms with van der Waals surface area (Å²) in [7, 11) is 3.68. The second-order valence-electron chi connectivity index (χ2n) is 4.64. The van der Waals surface area contributed by atoms with Crippen molar-refractivity contribution in [3.63, 3.8) is 0 Å². The molecule has 0 spiro atoms. The van der Waals surface area contributed by atoms with Crippen molar-refractivity contribution in [2.45, 2.75) is 0 Å². The molecule has 0 amide bonds. The van der Waals surface area contributed by atoms with Crippen LogP contribution in [0.4, 0.5) is 5.95 Å². The van der Waals surface area contributed by atoms with E-state index in [9.17, 15) is 0 Å². The summed E-state index contributed by atoms with van der Waals surface area (Å²) in [6, 6.07) is 9.98. The molecule has 7 heteroatoms. The van der Waals surface area contributed by atoms with E-state index in [1.807, 2.05) is 50.6 Å². The second kappa shape index (κ2) is 5.49. The van der Waals surface area contributed by atoms with E-state index >= 15 is 0 Å². The lowest BCUT2D eigenvalue weighted by molar-refractivity contribution is 0.788. The third kappa shape index (κ3) is 2.85. The average Bonchev–Trinajstić information content (AvgIpc) is 2.97. The molecule has 2 heterocycles. The van der Waals surface area contributed by atoms with Crippen molar-refractivity contribution in [2.75, 3.05) is 19.0 Å². The van der Waals surface area contributed by atoms with Crippen molar-refractivity contribution in [3.8, 4) is 17.1 Å². The highest BCUT2D eigenvalue weighted by Gasteiger charge is 2.10. The van der Waals surface area contributed by atoms with Crippen LogP contribution in [0.5, 0.6) is 0 Å². The molecule has 0 saturated carbocycles. The molecule has 6 nitrogen and oxygen atoms in total. The van der Waals surface area contributed by atoms with Crippen LogP contribution in [-0.2, 0) is 0 Å². The van der Waals surface area contributed by atoms with Crippen molar-refractivity contribution < 1.29 is 0 Å². The number of hydrogen-bond acceptors (Lipinski definition) is 5. The highest BCUT2D eigenvalue weighted by Crippen LogP contribution is 2.19. The molecule has 0 N–H and O–H groups in total. The third-order valence-corrected chi connectivity index (χ3v) is 3.05. The number of halogens is 1. The van der Waals surface area contributed by atoms with E-state index in [1.54, 1.807) is 15.8 Å². The normalized spacial score (nSPS) is 10.6. The van der Waals surface area contributed by atoms with E-state index in [4.69, 9.17) is 11.6 Å². The van der Waals surface area contributed by atoms with E-state index in [0.29, 0.717) is 11.9 Å². The Morgan fingerprint density at radius 2 is 1.76 bits per heavy atom. The van der Waals surface area contributed by atoms with Gasteiger partial charge in [-0.25, -0.2) is 4.68 Å². The fourth-order valence-corrected chi connectivity index (χ4v) is 1.99. The molecule has 0 unspecified atom stereocenters. The maximum Gasteiger partial charge on any atom is 0.256 e. The molecule has 0 aliphatic carbocycles. The van der Waals surface area contributed by atoms with Gasteiger partial charge in [0.1, 0.15) is 0 Å². The Kier molecular flexibility index (Phi) is 3.53. The first-order valence-corrected chi connectivity index (χ1v) is 6.70. The topological polar surface area (TPSA) is 59.7 Å². The first-order chi connectivity index (χ1) is 10.1. The zero-order valence-electron chi connectivity index (χ0n) is 11.6. The van der Waals surface area contributed by atoms with Gasteiger partial charge in [-0.1, -0.05) is 30.3 Å². The van der Waals surface area contributed by atoms with Crippen LogP contribution in [-0.4, -0.2) is 38.8 Å². The smallest absolute Gasteiger partial charge is 0.256 e. The first-order valence-electron chi connectivity index (χ1n) is 6.33. The summed E-state index contributed by atoms with van der Waals surface area (Å²) in [5.41, 5.74) is 2.07. The van der Waals surface area contributed by atoms with Crippen LogP contribution in [0.3, 0.4) is 0 Å². The zero-order valence-corrected chi connectivity index (χ0v) is 12.4. The second-order valence-corrected chi connectivity index (χ2v) is 4.98. The predicted molar refractivity (Wildman–Crippen MR) is 81.7 cm³/mol. The Morgan fingerprint density at radius 1 is 1.00 bits per heavy atom. The summed E-state index contributed by atoms with van der Waals surface area (Å²) in [6.45, 7) is 0. The average molecular weight is 301 g/mol. The van der Waals surface area contributed by atoms with Crippen molar-refractivity contribution in [1.29, 1.82) is 0 Å². The van der Waals surface area contributed by atoms with Gasteiger partial charge in [0.05, 0.1) is 6.20 Å². The van der Waals surface area contributed by atoms with Crippen LogP contribution in [0.25, 0.3) is 17.1 Å². The number of nitrogens with zero attached hydrogens (tertiary/aromatic N) is 6. The van der Waals surface area contributed by atoms with Crippen molar-refractivity contribution >= 4 is 17.5 Å². The van der Waals surface area contributed by atoms with Crippen LogP contribution in [0.15, 0.2) is 42.7 Å². The summed E-state index contributed by atoms with van der Waals surface area (Å²) in [5.74, 6) is 0.877. The molecular formula is C14H13ClN6. The Bertz CT molecular complexity index is 753. The Hall–Kier alpha value is -2.47. The van der Waals surface area contributed by atoms with Gasteiger partial charge < -0.3 is 4.90 Å². The van der Waals surface area contributed by atoms with Gasteiger partial charge in [-0.05, 0) is 17.2 Å².